The molecule has 0 spiro atoms. The van der Waals surface area contributed by atoms with E-state index in [2.05, 4.69) is 27.9 Å². The standard InChI is InChI=1S/C18H14ClIN2O2/c1-2-24-17-7-6-12(9-16(17)20)8-13(11-21)18(23)22-15-5-3-4-14(19)10-15/h3-10H,2H2,1H3,(H,22,23)/b13-8+. The number of rotatable bonds is 5. The monoisotopic (exact) mass is 452 g/mol. The lowest BCUT2D eigenvalue weighted by Crippen LogP contribution is -2.13. The number of hydrogen-bond donors (Lipinski definition) is 1. The summed E-state index contributed by atoms with van der Waals surface area (Å²) >= 11 is 8.04. The summed E-state index contributed by atoms with van der Waals surface area (Å²) in [7, 11) is 0. The van der Waals surface area contributed by atoms with E-state index in [1.54, 1.807) is 30.3 Å². The molecule has 24 heavy (non-hydrogen) atoms. The van der Waals surface area contributed by atoms with Crippen LogP contribution in [-0.2, 0) is 4.79 Å². The highest BCUT2D eigenvalue weighted by atomic mass is 127. The number of nitrogens with zero attached hydrogens (tertiary/aromatic N) is 1. The third kappa shape index (κ3) is 4.98. The van der Waals surface area contributed by atoms with E-state index >= 15 is 0 Å². The highest BCUT2D eigenvalue weighted by molar-refractivity contribution is 14.1. The minimum Gasteiger partial charge on any atom is -0.493 e. The molecular formula is C18H14ClIN2O2. The number of nitrogens with one attached hydrogen (secondary N) is 1. The first-order valence-electron chi connectivity index (χ1n) is 7.14. The Labute approximate surface area is 159 Å². The lowest BCUT2D eigenvalue weighted by molar-refractivity contribution is -0.112. The van der Waals surface area contributed by atoms with Crippen LogP contribution in [0.5, 0.6) is 5.75 Å². The molecule has 2 aromatic carbocycles. The predicted octanol–water partition coefficient (Wildman–Crippen LogP) is 4.89. The van der Waals surface area contributed by atoms with Gasteiger partial charge in [-0.2, -0.15) is 5.26 Å². The number of anilines is 1. The summed E-state index contributed by atoms with van der Waals surface area (Å²) < 4.78 is 6.39. The molecule has 0 fully saturated rings. The Morgan fingerprint density at radius 1 is 1.38 bits per heavy atom. The average molecular weight is 453 g/mol. The van der Waals surface area contributed by atoms with Gasteiger partial charge in [-0.15, -0.1) is 0 Å². The number of nitriles is 1. The van der Waals surface area contributed by atoms with E-state index in [0.717, 1.165) is 14.9 Å². The molecular weight excluding hydrogens is 439 g/mol. The van der Waals surface area contributed by atoms with Crippen LogP contribution in [0.4, 0.5) is 5.69 Å². The smallest absolute Gasteiger partial charge is 0.266 e. The van der Waals surface area contributed by atoms with Gasteiger partial charge < -0.3 is 10.1 Å². The molecule has 0 saturated heterocycles. The molecule has 0 unspecified atom stereocenters. The maximum absolute atomic E-state index is 12.2. The molecule has 0 radical (unpaired) electrons. The third-order valence-electron chi connectivity index (χ3n) is 3.01. The summed E-state index contributed by atoms with van der Waals surface area (Å²) in [6, 6.07) is 14.2. The van der Waals surface area contributed by atoms with Crippen LogP contribution in [0, 0.1) is 14.9 Å². The summed E-state index contributed by atoms with van der Waals surface area (Å²) in [4.78, 5) is 12.2. The Morgan fingerprint density at radius 2 is 2.17 bits per heavy atom. The summed E-state index contributed by atoms with van der Waals surface area (Å²) in [5.41, 5.74) is 1.30. The molecule has 2 aromatic rings. The maximum atomic E-state index is 12.2. The van der Waals surface area contributed by atoms with Crippen molar-refractivity contribution in [1.29, 1.82) is 5.26 Å². The molecule has 0 saturated carbocycles. The third-order valence-corrected chi connectivity index (χ3v) is 4.09. The summed E-state index contributed by atoms with van der Waals surface area (Å²) in [5.74, 6) is 0.292. The van der Waals surface area contributed by atoms with Crippen molar-refractivity contribution < 1.29 is 9.53 Å². The first-order chi connectivity index (χ1) is 11.5. The van der Waals surface area contributed by atoms with Crippen LogP contribution >= 0.6 is 34.2 Å². The van der Waals surface area contributed by atoms with Crippen LogP contribution in [-0.4, -0.2) is 12.5 Å². The van der Waals surface area contributed by atoms with E-state index in [-0.39, 0.29) is 5.57 Å². The van der Waals surface area contributed by atoms with Gasteiger partial charge in [0.1, 0.15) is 17.4 Å². The molecule has 1 N–H and O–H groups in total. The van der Waals surface area contributed by atoms with Gasteiger partial charge in [0, 0.05) is 10.7 Å². The minimum absolute atomic E-state index is 0.00920. The average Bonchev–Trinajstić information content (AvgIpc) is 2.55. The zero-order valence-corrected chi connectivity index (χ0v) is 15.8. The van der Waals surface area contributed by atoms with Crippen LogP contribution in [0.2, 0.25) is 5.02 Å². The van der Waals surface area contributed by atoms with Gasteiger partial charge in [0.15, 0.2) is 0 Å². The molecule has 0 heterocycles. The lowest BCUT2D eigenvalue weighted by Gasteiger charge is -2.07. The summed E-state index contributed by atoms with van der Waals surface area (Å²) in [6.07, 6.45) is 1.54. The summed E-state index contributed by atoms with van der Waals surface area (Å²) in [5, 5.41) is 12.4. The fraction of sp³-hybridized carbons (Fsp3) is 0.111. The maximum Gasteiger partial charge on any atom is 0.266 e. The van der Waals surface area contributed by atoms with Crippen molar-refractivity contribution in [1.82, 2.24) is 0 Å². The number of halogens is 2. The van der Waals surface area contributed by atoms with Crippen molar-refractivity contribution in [3.63, 3.8) is 0 Å². The molecule has 0 aliphatic carbocycles. The SMILES string of the molecule is CCOc1ccc(/C=C(\C#N)C(=O)Nc2cccc(Cl)c2)cc1I. The molecule has 0 aromatic heterocycles. The predicted molar refractivity (Wildman–Crippen MR) is 104 cm³/mol. The topological polar surface area (TPSA) is 62.1 Å². The molecule has 4 nitrogen and oxygen atoms in total. The second-order valence-corrected chi connectivity index (χ2v) is 6.36. The highest BCUT2D eigenvalue weighted by Gasteiger charge is 2.10. The van der Waals surface area contributed by atoms with Gasteiger partial charge in [-0.25, -0.2) is 0 Å². The second kappa shape index (κ2) is 8.71. The van der Waals surface area contributed by atoms with Gasteiger partial charge in [0.2, 0.25) is 0 Å². The first-order valence-corrected chi connectivity index (χ1v) is 8.60. The fourth-order valence-electron chi connectivity index (χ4n) is 1.96. The number of ether oxygens (including phenoxy) is 1. The number of carbonyl (C=O) groups is 1. The molecule has 2 rings (SSSR count). The molecule has 0 atom stereocenters. The van der Waals surface area contributed by atoms with Gasteiger partial charge in [-0.3, -0.25) is 4.79 Å². The Morgan fingerprint density at radius 3 is 2.79 bits per heavy atom. The van der Waals surface area contributed by atoms with Crippen LogP contribution in [0.3, 0.4) is 0 Å². The quantitative estimate of drug-likeness (QED) is 0.399. The van der Waals surface area contributed by atoms with Gasteiger partial charge in [-0.1, -0.05) is 23.7 Å². The molecule has 6 heteroatoms. The Balaban J connectivity index is 2.21. The lowest BCUT2D eigenvalue weighted by atomic mass is 10.1. The van der Waals surface area contributed by atoms with Crippen LogP contribution in [0.1, 0.15) is 12.5 Å². The summed E-state index contributed by atoms with van der Waals surface area (Å²) in [6.45, 7) is 2.49. The normalized spacial score (nSPS) is 10.8. The van der Waals surface area contributed by atoms with Crippen molar-refractivity contribution >= 4 is 51.9 Å². The van der Waals surface area contributed by atoms with Crippen molar-refractivity contribution in [2.45, 2.75) is 6.92 Å². The van der Waals surface area contributed by atoms with E-state index in [0.29, 0.717) is 17.3 Å². The van der Waals surface area contributed by atoms with E-state index in [1.165, 1.54) is 6.08 Å². The van der Waals surface area contributed by atoms with Crippen molar-refractivity contribution in [3.05, 3.63) is 62.2 Å². The highest BCUT2D eigenvalue weighted by Crippen LogP contribution is 2.23. The van der Waals surface area contributed by atoms with Gasteiger partial charge >= 0.3 is 0 Å². The number of amides is 1. The number of benzene rings is 2. The first kappa shape index (κ1) is 18.3. The van der Waals surface area contributed by atoms with Gasteiger partial charge in [0.25, 0.3) is 5.91 Å². The van der Waals surface area contributed by atoms with E-state index in [9.17, 15) is 10.1 Å². The molecule has 1 amide bonds. The van der Waals surface area contributed by atoms with Crippen LogP contribution < -0.4 is 10.1 Å². The van der Waals surface area contributed by atoms with Crippen LogP contribution in [0.25, 0.3) is 6.08 Å². The van der Waals surface area contributed by atoms with Crippen molar-refractivity contribution in [2.75, 3.05) is 11.9 Å². The number of carbonyl (C=O) groups excluding carboxylic acids is 1. The van der Waals surface area contributed by atoms with Gasteiger partial charge in [-0.05, 0) is 71.5 Å². The zero-order chi connectivity index (χ0) is 17.5. The molecule has 0 bridgehead atoms. The molecule has 0 aliphatic rings. The Bertz CT molecular complexity index is 828. The Hall–Kier alpha value is -2.04. The van der Waals surface area contributed by atoms with Gasteiger partial charge in [0.05, 0.1) is 10.2 Å². The fourth-order valence-corrected chi connectivity index (χ4v) is 2.84. The van der Waals surface area contributed by atoms with Crippen molar-refractivity contribution in [3.8, 4) is 11.8 Å². The van der Waals surface area contributed by atoms with E-state index < -0.39 is 5.91 Å². The van der Waals surface area contributed by atoms with E-state index in [1.807, 2.05) is 25.1 Å². The minimum atomic E-state index is -0.483. The number of hydrogen-bond acceptors (Lipinski definition) is 3. The Kier molecular flexibility index (Phi) is 6.64. The molecule has 122 valence electrons. The van der Waals surface area contributed by atoms with Crippen LogP contribution in [0.15, 0.2) is 48.0 Å². The van der Waals surface area contributed by atoms with E-state index in [4.69, 9.17) is 16.3 Å². The van der Waals surface area contributed by atoms with Crippen molar-refractivity contribution in [2.24, 2.45) is 0 Å². The largest absolute Gasteiger partial charge is 0.493 e. The molecule has 0 aliphatic heterocycles. The second-order valence-electron chi connectivity index (χ2n) is 4.76. The zero-order valence-electron chi connectivity index (χ0n) is 12.8.